The SMILES string of the molecule is O=C(C[C@H]1CCCC[C@@H]1O)Nc1cccc(Cl)c1O. The van der Waals surface area contributed by atoms with Crippen LogP contribution < -0.4 is 5.32 Å². The summed E-state index contributed by atoms with van der Waals surface area (Å²) in [4.78, 5) is 11.9. The third-order valence-electron chi connectivity index (χ3n) is 3.58. The van der Waals surface area contributed by atoms with E-state index in [2.05, 4.69) is 5.32 Å². The van der Waals surface area contributed by atoms with Gasteiger partial charge in [0.25, 0.3) is 0 Å². The number of hydrogen-bond acceptors (Lipinski definition) is 3. The van der Waals surface area contributed by atoms with Crippen LogP contribution in [0.3, 0.4) is 0 Å². The van der Waals surface area contributed by atoms with Crippen molar-refractivity contribution in [3.05, 3.63) is 23.2 Å². The van der Waals surface area contributed by atoms with E-state index in [1.807, 2.05) is 0 Å². The number of phenolic OH excluding ortho intramolecular Hbond substituents is 1. The fourth-order valence-electron chi connectivity index (χ4n) is 2.48. The van der Waals surface area contributed by atoms with E-state index in [1.165, 1.54) is 0 Å². The number of amides is 1. The number of aliphatic hydroxyl groups is 1. The van der Waals surface area contributed by atoms with Crippen molar-refractivity contribution >= 4 is 23.2 Å². The molecule has 19 heavy (non-hydrogen) atoms. The van der Waals surface area contributed by atoms with Gasteiger partial charge in [0.05, 0.1) is 16.8 Å². The lowest BCUT2D eigenvalue weighted by Gasteiger charge is -2.26. The second-order valence-corrected chi connectivity index (χ2v) is 5.41. The predicted octanol–water partition coefficient (Wildman–Crippen LogP) is 2.93. The first-order valence-corrected chi connectivity index (χ1v) is 6.91. The minimum atomic E-state index is -0.396. The highest BCUT2D eigenvalue weighted by atomic mass is 35.5. The van der Waals surface area contributed by atoms with Crippen molar-refractivity contribution in [2.75, 3.05) is 5.32 Å². The summed E-state index contributed by atoms with van der Waals surface area (Å²) in [6.07, 6.45) is 3.59. The van der Waals surface area contributed by atoms with E-state index < -0.39 is 6.10 Å². The first kappa shape index (κ1) is 14.2. The zero-order valence-corrected chi connectivity index (χ0v) is 11.4. The molecule has 4 nitrogen and oxygen atoms in total. The molecular formula is C14H18ClNO3. The lowest BCUT2D eigenvalue weighted by Crippen LogP contribution is -2.28. The van der Waals surface area contributed by atoms with Gasteiger partial charge in [-0.1, -0.05) is 30.5 Å². The number of anilines is 1. The van der Waals surface area contributed by atoms with Gasteiger partial charge in [-0.3, -0.25) is 4.79 Å². The number of carbonyl (C=O) groups is 1. The van der Waals surface area contributed by atoms with Gasteiger partial charge in [0.15, 0.2) is 5.75 Å². The highest BCUT2D eigenvalue weighted by Gasteiger charge is 2.25. The fraction of sp³-hybridized carbons (Fsp3) is 0.500. The molecule has 1 aromatic rings. The largest absolute Gasteiger partial charge is 0.504 e. The van der Waals surface area contributed by atoms with E-state index >= 15 is 0 Å². The highest BCUT2D eigenvalue weighted by molar-refractivity contribution is 6.32. The van der Waals surface area contributed by atoms with Crippen LogP contribution >= 0.6 is 11.6 Å². The van der Waals surface area contributed by atoms with Crippen LogP contribution in [0.15, 0.2) is 18.2 Å². The van der Waals surface area contributed by atoms with E-state index in [0.717, 1.165) is 25.7 Å². The molecule has 3 N–H and O–H groups in total. The normalized spacial score (nSPS) is 23.1. The summed E-state index contributed by atoms with van der Waals surface area (Å²) < 4.78 is 0. The Morgan fingerprint density at radius 3 is 2.84 bits per heavy atom. The molecule has 0 aliphatic heterocycles. The van der Waals surface area contributed by atoms with Crippen molar-refractivity contribution in [2.24, 2.45) is 5.92 Å². The van der Waals surface area contributed by atoms with E-state index in [0.29, 0.717) is 5.69 Å². The molecule has 0 spiro atoms. The second-order valence-electron chi connectivity index (χ2n) is 5.00. The van der Waals surface area contributed by atoms with Crippen molar-refractivity contribution in [2.45, 2.75) is 38.2 Å². The first-order valence-electron chi connectivity index (χ1n) is 6.53. The molecule has 2 atom stereocenters. The number of benzene rings is 1. The molecule has 2 rings (SSSR count). The summed E-state index contributed by atoms with van der Waals surface area (Å²) in [5, 5.41) is 22.4. The summed E-state index contributed by atoms with van der Waals surface area (Å²) >= 11 is 5.77. The number of hydrogen-bond donors (Lipinski definition) is 3. The molecule has 1 amide bonds. The molecule has 1 aliphatic rings. The summed E-state index contributed by atoms with van der Waals surface area (Å²) in [7, 11) is 0. The Morgan fingerprint density at radius 1 is 1.37 bits per heavy atom. The van der Waals surface area contributed by atoms with Crippen LogP contribution in [0.1, 0.15) is 32.1 Å². The van der Waals surface area contributed by atoms with E-state index in [1.54, 1.807) is 18.2 Å². The Balaban J connectivity index is 1.95. The van der Waals surface area contributed by atoms with Crippen molar-refractivity contribution in [3.63, 3.8) is 0 Å². The molecule has 0 radical (unpaired) electrons. The van der Waals surface area contributed by atoms with Crippen molar-refractivity contribution in [1.82, 2.24) is 0 Å². The molecule has 0 bridgehead atoms. The van der Waals surface area contributed by atoms with E-state index in [4.69, 9.17) is 11.6 Å². The van der Waals surface area contributed by atoms with Crippen LogP contribution in [0.4, 0.5) is 5.69 Å². The molecule has 0 heterocycles. The van der Waals surface area contributed by atoms with Crippen molar-refractivity contribution < 1.29 is 15.0 Å². The second kappa shape index (κ2) is 6.26. The third kappa shape index (κ3) is 3.61. The van der Waals surface area contributed by atoms with Crippen molar-refractivity contribution in [1.29, 1.82) is 0 Å². The molecule has 5 heteroatoms. The highest BCUT2D eigenvalue weighted by Crippen LogP contribution is 2.32. The number of para-hydroxylation sites is 1. The number of halogens is 1. The van der Waals surface area contributed by atoms with E-state index in [-0.39, 0.29) is 29.0 Å². The molecule has 104 valence electrons. The topological polar surface area (TPSA) is 69.6 Å². The lowest BCUT2D eigenvalue weighted by atomic mass is 9.84. The summed E-state index contributed by atoms with van der Waals surface area (Å²) in [6, 6.07) is 4.81. The monoisotopic (exact) mass is 283 g/mol. The number of nitrogens with one attached hydrogen (secondary N) is 1. The quantitative estimate of drug-likeness (QED) is 0.747. The van der Waals surface area contributed by atoms with Crippen LogP contribution in [0.2, 0.25) is 5.02 Å². The van der Waals surface area contributed by atoms with Crippen LogP contribution in [-0.4, -0.2) is 22.2 Å². The Labute approximate surface area is 117 Å². The number of aromatic hydroxyl groups is 1. The van der Waals surface area contributed by atoms with Gasteiger partial charge in [0.2, 0.25) is 5.91 Å². The van der Waals surface area contributed by atoms with Crippen LogP contribution in [0, 0.1) is 5.92 Å². The third-order valence-corrected chi connectivity index (χ3v) is 3.88. The fourth-order valence-corrected chi connectivity index (χ4v) is 2.66. The number of phenols is 1. The Kier molecular flexibility index (Phi) is 4.66. The maximum absolute atomic E-state index is 11.9. The van der Waals surface area contributed by atoms with Gasteiger partial charge in [-0.25, -0.2) is 0 Å². The van der Waals surface area contributed by atoms with Gasteiger partial charge in [-0.2, -0.15) is 0 Å². The Bertz CT molecular complexity index is 464. The minimum Gasteiger partial charge on any atom is -0.504 e. The zero-order valence-electron chi connectivity index (χ0n) is 10.6. The summed E-state index contributed by atoms with van der Waals surface area (Å²) in [5.41, 5.74) is 0.308. The molecule has 1 fully saturated rings. The van der Waals surface area contributed by atoms with E-state index in [9.17, 15) is 15.0 Å². The van der Waals surface area contributed by atoms with Gasteiger partial charge >= 0.3 is 0 Å². The van der Waals surface area contributed by atoms with Gasteiger partial charge in [0, 0.05) is 6.42 Å². The maximum Gasteiger partial charge on any atom is 0.224 e. The number of rotatable bonds is 3. The number of carbonyl (C=O) groups excluding carboxylic acids is 1. The predicted molar refractivity (Wildman–Crippen MR) is 74.3 cm³/mol. The zero-order chi connectivity index (χ0) is 13.8. The number of aliphatic hydroxyl groups excluding tert-OH is 1. The molecule has 1 aromatic carbocycles. The Morgan fingerprint density at radius 2 is 2.11 bits per heavy atom. The molecule has 0 unspecified atom stereocenters. The smallest absolute Gasteiger partial charge is 0.224 e. The molecule has 0 aromatic heterocycles. The Hall–Kier alpha value is -1.26. The summed E-state index contributed by atoms with van der Waals surface area (Å²) in [5.74, 6) is -0.319. The standard InChI is InChI=1S/C14H18ClNO3/c15-10-5-3-6-11(14(10)19)16-13(18)8-9-4-1-2-7-12(9)17/h3,5-6,9,12,17,19H,1-2,4,7-8H2,(H,16,18)/t9-,12+/m1/s1. The lowest BCUT2D eigenvalue weighted by molar-refractivity contribution is -0.118. The van der Waals surface area contributed by atoms with Gasteiger partial charge < -0.3 is 15.5 Å². The summed E-state index contributed by atoms with van der Waals surface area (Å²) in [6.45, 7) is 0. The minimum absolute atomic E-state index is 0.00933. The molecular weight excluding hydrogens is 266 g/mol. The van der Waals surface area contributed by atoms with Crippen molar-refractivity contribution in [3.8, 4) is 5.75 Å². The first-order chi connectivity index (χ1) is 9.08. The van der Waals surface area contributed by atoms with Gasteiger partial charge in [-0.15, -0.1) is 0 Å². The van der Waals surface area contributed by atoms with Crippen LogP contribution in [0.25, 0.3) is 0 Å². The maximum atomic E-state index is 11.9. The average molecular weight is 284 g/mol. The molecule has 1 aliphatic carbocycles. The van der Waals surface area contributed by atoms with Crippen LogP contribution in [0.5, 0.6) is 5.75 Å². The molecule has 1 saturated carbocycles. The van der Waals surface area contributed by atoms with Gasteiger partial charge in [-0.05, 0) is 30.9 Å². The molecule has 0 saturated heterocycles. The van der Waals surface area contributed by atoms with Crippen LogP contribution in [-0.2, 0) is 4.79 Å². The average Bonchev–Trinajstić information content (AvgIpc) is 2.38. The van der Waals surface area contributed by atoms with Gasteiger partial charge in [0.1, 0.15) is 0 Å².